The Balaban J connectivity index is 1.65. The molecule has 2 aromatic rings. The number of carbonyl (C=O) groups excluding carboxylic acids is 1. The molecule has 0 saturated heterocycles. The first-order chi connectivity index (χ1) is 14.4. The molecule has 12 heteroatoms. The van der Waals surface area contributed by atoms with Crippen LogP contribution in [0.2, 0.25) is 0 Å². The van der Waals surface area contributed by atoms with E-state index in [1.807, 2.05) is 0 Å². The molecule has 0 saturated carbocycles. The van der Waals surface area contributed by atoms with Gasteiger partial charge in [0.05, 0.1) is 0 Å². The lowest BCUT2D eigenvalue weighted by Crippen LogP contribution is -2.37. The highest BCUT2D eigenvalue weighted by atomic mass is 19.4. The van der Waals surface area contributed by atoms with Crippen molar-refractivity contribution >= 4 is 5.91 Å². The van der Waals surface area contributed by atoms with Crippen molar-refractivity contribution < 1.29 is 31.1 Å². The fraction of sp³-hybridized carbons (Fsp3) is 0.632. The van der Waals surface area contributed by atoms with Crippen molar-refractivity contribution in [2.45, 2.75) is 64.5 Å². The lowest BCUT2D eigenvalue weighted by Gasteiger charge is -2.20. The van der Waals surface area contributed by atoms with Crippen LogP contribution in [0.15, 0.2) is 12.3 Å². The lowest BCUT2D eigenvalue weighted by molar-refractivity contribution is -0.143. The Morgan fingerprint density at radius 1 is 1.16 bits per heavy atom. The molecule has 0 unspecified atom stereocenters. The number of amides is 1. The third-order valence-electron chi connectivity index (χ3n) is 5.27. The molecule has 0 fully saturated rings. The average molecular weight is 451 g/mol. The van der Waals surface area contributed by atoms with Gasteiger partial charge in [0.25, 0.3) is 0 Å². The maximum absolute atomic E-state index is 13.3. The quantitative estimate of drug-likeness (QED) is 0.647. The van der Waals surface area contributed by atoms with Crippen LogP contribution in [0.1, 0.15) is 55.4 Å². The van der Waals surface area contributed by atoms with E-state index >= 15 is 0 Å². The minimum absolute atomic E-state index is 0.131. The molecule has 0 aliphatic heterocycles. The molecule has 0 spiro atoms. The monoisotopic (exact) mass is 451 g/mol. The van der Waals surface area contributed by atoms with Gasteiger partial charge in [0.1, 0.15) is 6.04 Å². The summed E-state index contributed by atoms with van der Waals surface area (Å²) in [4.78, 5) is 12.7. The van der Waals surface area contributed by atoms with E-state index in [1.54, 1.807) is 13.8 Å². The molecule has 6 nitrogen and oxygen atoms in total. The summed E-state index contributed by atoms with van der Waals surface area (Å²) in [6, 6.07) is -0.0220. The second-order valence-electron chi connectivity index (χ2n) is 7.76. The molecule has 2 aromatic heterocycles. The standard InChI is InChI=1S/C19H23F6N5O/c1-3-13(30-14-6-4-5-12(14)16(28-30)19(23,24)25)17(31)26-9-11(2)10-29-8-7-15(27-29)18(20,21)22/h7-8,11,13H,3-6,9-10H2,1-2H3,(H,26,31)/t11-,13-/m1/s1. The van der Waals surface area contributed by atoms with E-state index in [1.165, 1.54) is 10.9 Å². The topological polar surface area (TPSA) is 64.7 Å². The summed E-state index contributed by atoms with van der Waals surface area (Å²) < 4.78 is 80.2. The maximum Gasteiger partial charge on any atom is 0.435 e. The summed E-state index contributed by atoms with van der Waals surface area (Å²) >= 11 is 0. The molecule has 0 radical (unpaired) electrons. The third-order valence-corrected chi connectivity index (χ3v) is 5.27. The van der Waals surface area contributed by atoms with E-state index in [4.69, 9.17) is 0 Å². The van der Waals surface area contributed by atoms with Gasteiger partial charge in [-0.1, -0.05) is 13.8 Å². The zero-order valence-corrected chi connectivity index (χ0v) is 17.0. The van der Waals surface area contributed by atoms with E-state index in [0.29, 0.717) is 18.5 Å². The SMILES string of the molecule is CC[C@H](C(=O)NC[C@@H](C)Cn1ccc(C(F)(F)F)n1)n1nc(C(F)(F)F)c2c1CCC2. The van der Waals surface area contributed by atoms with Crippen LogP contribution in [-0.4, -0.2) is 32.0 Å². The minimum atomic E-state index is -4.58. The van der Waals surface area contributed by atoms with Gasteiger partial charge in [-0.3, -0.25) is 14.2 Å². The molecule has 0 aromatic carbocycles. The number of nitrogens with zero attached hydrogens (tertiary/aromatic N) is 4. The summed E-state index contributed by atoms with van der Waals surface area (Å²) in [6.07, 6.45) is -6.36. The molecular formula is C19H23F6N5O. The van der Waals surface area contributed by atoms with Gasteiger partial charge < -0.3 is 5.32 Å². The number of halogens is 6. The summed E-state index contributed by atoms with van der Waals surface area (Å²) in [7, 11) is 0. The molecule has 172 valence electrons. The Morgan fingerprint density at radius 2 is 1.87 bits per heavy atom. The second kappa shape index (κ2) is 8.54. The van der Waals surface area contributed by atoms with Crippen LogP contribution in [0.4, 0.5) is 26.3 Å². The van der Waals surface area contributed by atoms with Gasteiger partial charge in [-0.05, 0) is 37.7 Å². The summed E-state index contributed by atoms with van der Waals surface area (Å²) in [5, 5.41) is 9.88. The van der Waals surface area contributed by atoms with Crippen molar-refractivity contribution in [1.29, 1.82) is 0 Å². The first kappa shape index (κ1) is 23.1. The molecule has 1 aliphatic rings. The number of hydrogen-bond donors (Lipinski definition) is 1. The van der Waals surface area contributed by atoms with Crippen molar-refractivity contribution in [3.63, 3.8) is 0 Å². The second-order valence-corrected chi connectivity index (χ2v) is 7.76. The van der Waals surface area contributed by atoms with Gasteiger partial charge in [0.2, 0.25) is 5.91 Å². The first-order valence-electron chi connectivity index (χ1n) is 9.97. The summed E-state index contributed by atoms with van der Waals surface area (Å²) in [6.45, 7) is 3.69. The molecule has 3 rings (SSSR count). The number of fused-ring (bicyclic) bond motifs is 1. The number of carbonyl (C=O) groups is 1. The molecule has 2 heterocycles. The smallest absolute Gasteiger partial charge is 0.354 e. The molecule has 1 amide bonds. The van der Waals surface area contributed by atoms with Gasteiger partial charge >= 0.3 is 12.4 Å². The van der Waals surface area contributed by atoms with E-state index in [9.17, 15) is 31.1 Å². The number of rotatable bonds is 7. The van der Waals surface area contributed by atoms with Crippen LogP contribution in [0.3, 0.4) is 0 Å². The summed E-state index contributed by atoms with van der Waals surface area (Å²) in [5.41, 5.74) is -1.33. The normalized spacial score (nSPS) is 16.3. The number of nitrogens with one attached hydrogen (secondary N) is 1. The fourth-order valence-corrected chi connectivity index (χ4v) is 3.81. The Labute approximate surface area is 174 Å². The Hall–Kier alpha value is -2.53. The average Bonchev–Trinajstić information content (AvgIpc) is 3.36. The Morgan fingerprint density at radius 3 is 2.45 bits per heavy atom. The molecule has 1 aliphatic carbocycles. The van der Waals surface area contributed by atoms with Crippen molar-refractivity contribution in [2.24, 2.45) is 5.92 Å². The van der Waals surface area contributed by atoms with Crippen molar-refractivity contribution in [3.05, 3.63) is 34.9 Å². The maximum atomic E-state index is 13.3. The predicted molar refractivity (Wildman–Crippen MR) is 98.0 cm³/mol. The van der Waals surface area contributed by atoms with Gasteiger partial charge in [0.15, 0.2) is 11.4 Å². The predicted octanol–water partition coefficient (Wildman–Crippen LogP) is 4.01. The summed E-state index contributed by atoms with van der Waals surface area (Å²) in [5.74, 6) is -0.728. The van der Waals surface area contributed by atoms with E-state index < -0.39 is 35.7 Å². The van der Waals surface area contributed by atoms with Crippen LogP contribution in [0.5, 0.6) is 0 Å². The van der Waals surface area contributed by atoms with E-state index in [-0.39, 0.29) is 37.4 Å². The zero-order chi connectivity index (χ0) is 23.0. The highest BCUT2D eigenvalue weighted by Gasteiger charge is 2.41. The molecule has 0 bridgehead atoms. The molecular weight excluding hydrogens is 428 g/mol. The van der Waals surface area contributed by atoms with E-state index in [0.717, 1.165) is 10.7 Å². The molecule has 31 heavy (non-hydrogen) atoms. The third kappa shape index (κ3) is 5.04. The van der Waals surface area contributed by atoms with Crippen molar-refractivity contribution in [3.8, 4) is 0 Å². The van der Waals surface area contributed by atoms with Crippen LogP contribution in [0.25, 0.3) is 0 Å². The van der Waals surface area contributed by atoms with Crippen molar-refractivity contribution in [1.82, 2.24) is 24.9 Å². The van der Waals surface area contributed by atoms with Crippen molar-refractivity contribution in [2.75, 3.05) is 6.54 Å². The number of aromatic nitrogens is 4. The molecule has 2 atom stereocenters. The molecule has 1 N–H and O–H groups in total. The Kier molecular flexibility index (Phi) is 6.38. The van der Waals surface area contributed by atoms with E-state index in [2.05, 4.69) is 15.5 Å². The highest BCUT2D eigenvalue weighted by molar-refractivity contribution is 5.80. The van der Waals surface area contributed by atoms with Gasteiger partial charge in [-0.2, -0.15) is 36.5 Å². The minimum Gasteiger partial charge on any atom is -0.354 e. The van der Waals surface area contributed by atoms with Gasteiger partial charge in [-0.15, -0.1) is 0 Å². The van der Waals surface area contributed by atoms with Crippen LogP contribution >= 0.6 is 0 Å². The Bertz CT molecular complexity index is 929. The largest absolute Gasteiger partial charge is 0.435 e. The van der Waals surface area contributed by atoms with Gasteiger partial charge in [-0.25, -0.2) is 0 Å². The van der Waals surface area contributed by atoms with Crippen LogP contribution < -0.4 is 5.32 Å². The van der Waals surface area contributed by atoms with Crippen LogP contribution in [-0.2, 0) is 36.5 Å². The number of hydrogen-bond acceptors (Lipinski definition) is 3. The zero-order valence-electron chi connectivity index (χ0n) is 17.0. The first-order valence-corrected chi connectivity index (χ1v) is 9.97. The lowest BCUT2D eigenvalue weighted by atomic mass is 10.1. The fourth-order valence-electron chi connectivity index (χ4n) is 3.81. The number of alkyl halides is 6. The van der Waals surface area contributed by atoms with Gasteiger partial charge in [0, 0.05) is 30.5 Å². The van der Waals surface area contributed by atoms with Crippen LogP contribution in [0, 0.1) is 5.92 Å². The highest BCUT2D eigenvalue weighted by Crippen LogP contribution is 2.37.